The second kappa shape index (κ2) is 9.53. The monoisotopic (exact) mass is 556 g/mol. The zero-order chi connectivity index (χ0) is 21.0. The molecule has 1 amide bonds. The minimum Gasteiger partial charge on any atom is -0.325 e. The number of rotatable bonds is 7. The van der Waals surface area contributed by atoms with Crippen LogP contribution >= 0.6 is 43.2 Å². The normalized spacial score (nSPS) is 12.5. The molecule has 3 aromatic rings. The molecule has 0 aliphatic carbocycles. The van der Waals surface area contributed by atoms with Crippen LogP contribution in [0, 0.1) is 6.92 Å². The fraction of sp³-hybridized carbons (Fsp3) is 0.150. The summed E-state index contributed by atoms with van der Waals surface area (Å²) < 4.78 is 29.9. The second-order valence-electron chi connectivity index (χ2n) is 6.38. The van der Waals surface area contributed by atoms with Crippen molar-refractivity contribution in [2.75, 3.05) is 5.32 Å². The van der Waals surface area contributed by atoms with Gasteiger partial charge in [0.15, 0.2) is 0 Å². The van der Waals surface area contributed by atoms with Gasteiger partial charge in [0.2, 0.25) is 5.91 Å². The van der Waals surface area contributed by atoms with Gasteiger partial charge in [0, 0.05) is 10.2 Å². The molecular weight excluding hydrogens is 540 g/mol. The van der Waals surface area contributed by atoms with Gasteiger partial charge in [0.1, 0.15) is 10.3 Å². The third-order valence-electron chi connectivity index (χ3n) is 4.14. The van der Waals surface area contributed by atoms with Gasteiger partial charge in [0.25, 0.3) is 10.0 Å². The van der Waals surface area contributed by atoms with Crippen LogP contribution in [0.3, 0.4) is 0 Å². The lowest BCUT2D eigenvalue weighted by Gasteiger charge is -2.18. The van der Waals surface area contributed by atoms with Gasteiger partial charge >= 0.3 is 0 Å². The van der Waals surface area contributed by atoms with E-state index in [2.05, 4.69) is 41.9 Å². The fourth-order valence-electron chi connectivity index (χ4n) is 2.68. The highest BCUT2D eigenvalue weighted by Gasteiger charge is 2.27. The number of hydrogen-bond donors (Lipinski definition) is 2. The van der Waals surface area contributed by atoms with Gasteiger partial charge in [-0.15, -0.1) is 11.3 Å². The van der Waals surface area contributed by atoms with E-state index < -0.39 is 22.0 Å². The molecule has 0 aliphatic rings. The molecule has 0 aliphatic heterocycles. The molecule has 0 spiro atoms. The van der Waals surface area contributed by atoms with Crippen LogP contribution in [0.25, 0.3) is 0 Å². The number of hydrogen-bond acceptors (Lipinski definition) is 4. The number of amides is 1. The minimum atomic E-state index is -3.84. The molecule has 0 unspecified atom stereocenters. The van der Waals surface area contributed by atoms with Crippen LogP contribution in [0.2, 0.25) is 0 Å². The van der Waals surface area contributed by atoms with Crippen molar-refractivity contribution in [3.8, 4) is 0 Å². The molecule has 0 saturated carbocycles. The molecule has 152 valence electrons. The van der Waals surface area contributed by atoms with Crippen molar-refractivity contribution in [1.82, 2.24) is 4.72 Å². The Morgan fingerprint density at radius 2 is 1.79 bits per heavy atom. The standard InChI is InChI=1S/C20H18Br2N2O3S2/c1-13-11-15(7-8-16(13)21)23-20(25)17(12-14-5-3-2-4-6-14)24-29(26,27)19-10-9-18(22)28-19/h2-11,17,24H,12H2,1H3,(H,23,25)/t17-/m1/s1. The second-order valence-corrected chi connectivity index (χ2v) is 11.6. The maximum Gasteiger partial charge on any atom is 0.250 e. The van der Waals surface area contributed by atoms with Crippen molar-refractivity contribution < 1.29 is 13.2 Å². The molecule has 0 fully saturated rings. The van der Waals surface area contributed by atoms with Crippen LogP contribution < -0.4 is 10.0 Å². The highest BCUT2D eigenvalue weighted by atomic mass is 79.9. The van der Waals surface area contributed by atoms with Crippen molar-refractivity contribution >= 4 is 64.8 Å². The van der Waals surface area contributed by atoms with Crippen molar-refractivity contribution in [1.29, 1.82) is 0 Å². The highest BCUT2D eigenvalue weighted by Crippen LogP contribution is 2.26. The Balaban J connectivity index is 1.85. The summed E-state index contributed by atoms with van der Waals surface area (Å²) in [5.41, 5.74) is 2.42. The Hall–Kier alpha value is -1.52. The minimum absolute atomic E-state index is 0.148. The van der Waals surface area contributed by atoms with E-state index in [1.54, 1.807) is 12.1 Å². The summed E-state index contributed by atoms with van der Waals surface area (Å²) in [5, 5.41) is 2.82. The van der Waals surface area contributed by atoms with E-state index in [9.17, 15) is 13.2 Å². The molecule has 29 heavy (non-hydrogen) atoms. The molecule has 0 radical (unpaired) electrons. The maximum absolute atomic E-state index is 13.0. The summed E-state index contributed by atoms with van der Waals surface area (Å²) in [6.45, 7) is 1.92. The molecule has 2 N–H and O–H groups in total. The number of aryl methyl sites for hydroxylation is 1. The predicted molar refractivity (Wildman–Crippen MR) is 124 cm³/mol. The quantitative estimate of drug-likeness (QED) is 0.424. The first-order chi connectivity index (χ1) is 13.7. The summed E-state index contributed by atoms with van der Waals surface area (Å²) >= 11 is 7.79. The van der Waals surface area contributed by atoms with Gasteiger partial charge in [-0.1, -0.05) is 46.3 Å². The zero-order valence-electron chi connectivity index (χ0n) is 15.4. The Morgan fingerprint density at radius 1 is 1.07 bits per heavy atom. The molecule has 1 aromatic heterocycles. The lowest BCUT2D eigenvalue weighted by molar-refractivity contribution is -0.117. The lowest BCUT2D eigenvalue weighted by atomic mass is 10.1. The van der Waals surface area contributed by atoms with Gasteiger partial charge in [-0.05, 0) is 70.7 Å². The number of anilines is 1. The highest BCUT2D eigenvalue weighted by molar-refractivity contribution is 9.11. The van der Waals surface area contributed by atoms with Gasteiger partial charge in [-0.25, -0.2) is 8.42 Å². The third kappa shape index (κ3) is 5.99. The number of benzene rings is 2. The first kappa shape index (κ1) is 22.2. The van der Waals surface area contributed by atoms with Crippen LogP contribution in [0.15, 0.2) is 73.1 Å². The average molecular weight is 558 g/mol. The van der Waals surface area contributed by atoms with E-state index in [1.807, 2.05) is 49.4 Å². The number of nitrogens with one attached hydrogen (secondary N) is 2. The summed E-state index contributed by atoms with van der Waals surface area (Å²) in [6.07, 6.45) is 0.230. The van der Waals surface area contributed by atoms with E-state index in [-0.39, 0.29) is 10.6 Å². The van der Waals surface area contributed by atoms with Gasteiger partial charge in [-0.3, -0.25) is 4.79 Å². The van der Waals surface area contributed by atoms with Crippen molar-refractivity contribution in [3.63, 3.8) is 0 Å². The van der Waals surface area contributed by atoms with E-state index in [4.69, 9.17) is 0 Å². The maximum atomic E-state index is 13.0. The molecule has 1 atom stereocenters. The summed E-state index contributed by atoms with van der Waals surface area (Å²) in [7, 11) is -3.84. The third-order valence-corrected chi connectivity index (χ3v) is 8.61. The zero-order valence-corrected chi connectivity index (χ0v) is 20.2. The van der Waals surface area contributed by atoms with Crippen LogP contribution in [0.1, 0.15) is 11.1 Å². The number of sulfonamides is 1. The first-order valence-corrected chi connectivity index (χ1v) is 12.5. The van der Waals surface area contributed by atoms with Gasteiger partial charge < -0.3 is 5.32 Å². The fourth-order valence-corrected chi connectivity index (χ4v) is 6.15. The Kier molecular flexibility index (Phi) is 7.28. The lowest BCUT2D eigenvalue weighted by Crippen LogP contribution is -2.45. The SMILES string of the molecule is Cc1cc(NC(=O)[C@@H](Cc2ccccc2)NS(=O)(=O)c2ccc(Br)s2)ccc1Br. The van der Waals surface area contributed by atoms with E-state index in [1.165, 1.54) is 6.07 Å². The summed E-state index contributed by atoms with van der Waals surface area (Å²) in [4.78, 5) is 13.0. The number of halogens is 2. The van der Waals surface area contributed by atoms with Crippen LogP contribution in [-0.2, 0) is 21.2 Å². The van der Waals surface area contributed by atoms with E-state index >= 15 is 0 Å². The molecule has 5 nitrogen and oxygen atoms in total. The molecule has 1 heterocycles. The number of carbonyl (C=O) groups is 1. The molecular formula is C20H18Br2N2O3S2. The Labute approximate surface area is 190 Å². The predicted octanol–water partition coefficient (Wildman–Crippen LogP) is 5.11. The van der Waals surface area contributed by atoms with Crippen LogP contribution in [-0.4, -0.2) is 20.4 Å². The van der Waals surface area contributed by atoms with Gasteiger partial charge in [0.05, 0.1) is 3.79 Å². The molecule has 2 aromatic carbocycles. The number of carbonyl (C=O) groups excluding carboxylic acids is 1. The smallest absolute Gasteiger partial charge is 0.250 e. The molecule has 3 rings (SSSR count). The first-order valence-electron chi connectivity index (χ1n) is 8.63. The van der Waals surface area contributed by atoms with Crippen LogP contribution in [0.4, 0.5) is 5.69 Å². The van der Waals surface area contributed by atoms with E-state index in [0.717, 1.165) is 26.9 Å². The van der Waals surface area contributed by atoms with Crippen LogP contribution in [0.5, 0.6) is 0 Å². The van der Waals surface area contributed by atoms with Gasteiger partial charge in [-0.2, -0.15) is 4.72 Å². The number of thiophene rings is 1. The Morgan fingerprint density at radius 3 is 2.41 bits per heavy atom. The summed E-state index contributed by atoms with van der Waals surface area (Å²) in [5.74, 6) is -0.422. The molecule has 0 bridgehead atoms. The largest absolute Gasteiger partial charge is 0.325 e. The summed E-state index contributed by atoms with van der Waals surface area (Å²) in [6, 6.07) is 16.9. The average Bonchev–Trinajstić information content (AvgIpc) is 3.12. The van der Waals surface area contributed by atoms with E-state index in [0.29, 0.717) is 9.47 Å². The molecule has 9 heteroatoms. The van der Waals surface area contributed by atoms with Crippen molar-refractivity contribution in [3.05, 3.63) is 80.0 Å². The topological polar surface area (TPSA) is 75.3 Å². The molecule has 0 saturated heterocycles. The van der Waals surface area contributed by atoms with Crippen molar-refractivity contribution in [2.45, 2.75) is 23.6 Å². The van der Waals surface area contributed by atoms with Crippen molar-refractivity contribution in [2.24, 2.45) is 0 Å². The Bertz CT molecular complexity index is 1120.